The second-order valence-electron chi connectivity index (χ2n) is 8.07. The first-order valence-corrected chi connectivity index (χ1v) is 11.6. The molecule has 198 valence electrons. The van der Waals surface area contributed by atoms with Crippen LogP contribution in [0.25, 0.3) is 10.2 Å². The zero-order valence-electron chi connectivity index (χ0n) is 19.5. The molecular weight excluding hydrogens is 517 g/mol. The van der Waals surface area contributed by atoms with Crippen molar-refractivity contribution in [3.63, 3.8) is 0 Å². The average molecular weight is 541 g/mol. The van der Waals surface area contributed by atoms with Crippen LogP contribution in [0.4, 0.5) is 29.7 Å². The number of nitrogens with two attached hydrogens (primary N) is 1. The highest BCUT2D eigenvalue weighted by Crippen LogP contribution is 2.43. The number of anilines is 3. The van der Waals surface area contributed by atoms with Crippen molar-refractivity contribution in [1.29, 1.82) is 0 Å². The Hall–Kier alpha value is -3.82. The molecule has 11 nitrogen and oxygen atoms in total. The molecule has 0 fully saturated rings. The number of thiazole rings is 1. The van der Waals surface area contributed by atoms with Gasteiger partial charge in [0, 0.05) is 19.7 Å². The molecule has 1 aliphatic heterocycles. The van der Waals surface area contributed by atoms with Crippen LogP contribution in [0.3, 0.4) is 0 Å². The number of ether oxygens (including phenoxy) is 2. The number of fused-ring (bicyclic) bond motifs is 2. The quantitative estimate of drug-likeness (QED) is 0.243. The highest BCUT2D eigenvalue weighted by molar-refractivity contribution is 7.22. The molecule has 4 rings (SSSR count). The summed E-state index contributed by atoms with van der Waals surface area (Å²) in [6, 6.07) is 8.11. The lowest BCUT2D eigenvalue weighted by Crippen LogP contribution is -2.67. The average Bonchev–Trinajstić information content (AvgIpc) is 3.32. The fourth-order valence-corrected chi connectivity index (χ4v) is 4.92. The summed E-state index contributed by atoms with van der Waals surface area (Å²) in [4.78, 5) is 30.2. The first-order chi connectivity index (χ1) is 17.4. The van der Waals surface area contributed by atoms with Crippen LogP contribution in [0.1, 0.15) is 10.4 Å². The summed E-state index contributed by atoms with van der Waals surface area (Å²) >= 11 is 1.02. The molecule has 2 heterocycles. The second kappa shape index (κ2) is 9.91. The standard InChI is InChI=1S/C22H23F3N6O5S/c1-27-7-8-35-17(18(26)32)21(29-14-9-11(19(33)34)3-6-15(14)31(21)2)30-20-28-13-5-4-12(10-16(13)37-20)36-22(23,24)25/h3-6,9-10,17,27,29H,7-8H2,1-2H3,(H2,26,32)(H,28,30)(H,33,34). The Bertz CT molecular complexity index is 1340. The van der Waals surface area contributed by atoms with Gasteiger partial charge >= 0.3 is 12.3 Å². The van der Waals surface area contributed by atoms with Gasteiger partial charge in [0.1, 0.15) is 5.75 Å². The Morgan fingerprint density at radius 1 is 1.30 bits per heavy atom. The number of carboxylic acid groups (broad SMARTS) is 1. The molecule has 1 amide bonds. The lowest BCUT2D eigenvalue weighted by molar-refractivity contribution is -0.274. The summed E-state index contributed by atoms with van der Waals surface area (Å²) in [7, 11) is 3.35. The number of hydrogen-bond acceptors (Lipinski definition) is 10. The molecule has 0 aliphatic carbocycles. The van der Waals surface area contributed by atoms with E-state index >= 15 is 0 Å². The van der Waals surface area contributed by atoms with E-state index in [0.29, 0.717) is 28.1 Å². The molecule has 0 saturated carbocycles. The molecule has 1 aliphatic rings. The van der Waals surface area contributed by atoms with Gasteiger partial charge in [-0.05, 0) is 37.4 Å². The number of aromatic carboxylic acids is 1. The van der Waals surface area contributed by atoms with Crippen LogP contribution in [-0.4, -0.2) is 67.5 Å². The van der Waals surface area contributed by atoms with Crippen LogP contribution in [0.5, 0.6) is 5.75 Å². The number of benzene rings is 2. The topological polar surface area (TPSA) is 151 Å². The molecule has 15 heteroatoms. The van der Waals surface area contributed by atoms with E-state index < -0.39 is 35.9 Å². The van der Waals surface area contributed by atoms with E-state index in [2.05, 4.69) is 25.7 Å². The third kappa shape index (κ3) is 5.33. The van der Waals surface area contributed by atoms with E-state index in [1.54, 1.807) is 25.1 Å². The summed E-state index contributed by atoms with van der Waals surface area (Å²) in [6.07, 6.45) is -6.16. The van der Waals surface area contributed by atoms with Gasteiger partial charge in [0.25, 0.3) is 5.91 Å². The number of hydrogen-bond donors (Lipinski definition) is 5. The van der Waals surface area contributed by atoms with Gasteiger partial charge in [-0.1, -0.05) is 11.3 Å². The van der Waals surface area contributed by atoms with Gasteiger partial charge in [0.2, 0.25) is 5.79 Å². The normalized spacial score (nSPS) is 17.8. The molecule has 1 aromatic heterocycles. The van der Waals surface area contributed by atoms with E-state index in [4.69, 9.17) is 10.5 Å². The van der Waals surface area contributed by atoms with E-state index in [-0.39, 0.29) is 17.3 Å². The van der Waals surface area contributed by atoms with Crippen molar-refractivity contribution in [1.82, 2.24) is 10.3 Å². The first kappa shape index (κ1) is 26.2. The Labute approximate surface area is 212 Å². The van der Waals surface area contributed by atoms with Gasteiger partial charge < -0.3 is 41.2 Å². The molecule has 0 saturated heterocycles. The number of amides is 1. The van der Waals surface area contributed by atoms with Gasteiger partial charge in [0.05, 0.1) is 33.8 Å². The molecule has 0 bridgehead atoms. The smallest absolute Gasteiger partial charge is 0.478 e. The third-order valence-electron chi connectivity index (χ3n) is 5.62. The third-order valence-corrected chi connectivity index (χ3v) is 6.56. The van der Waals surface area contributed by atoms with E-state index in [1.807, 2.05) is 0 Å². The van der Waals surface area contributed by atoms with Crippen molar-refractivity contribution >= 4 is 49.9 Å². The summed E-state index contributed by atoms with van der Waals surface area (Å²) in [5, 5.41) is 18.8. The van der Waals surface area contributed by atoms with Crippen molar-refractivity contribution in [3.8, 4) is 5.75 Å². The minimum atomic E-state index is -4.85. The van der Waals surface area contributed by atoms with Crippen LogP contribution in [0.15, 0.2) is 36.4 Å². The van der Waals surface area contributed by atoms with Crippen LogP contribution in [-0.2, 0) is 9.53 Å². The molecule has 0 spiro atoms. The monoisotopic (exact) mass is 540 g/mol. The number of likely N-dealkylation sites (N-methyl/N-ethyl adjacent to an activating group) is 2. The van der Waals surface area contributed by atoms with Gasteiger partial charge in [-0.25, -0.2) is 9.78 Å². The van der Waals surface area contributed by atoms with Crippen molar-refractivity contribution < 1.29 is 37.3 Å². The number of carbonyl (C=O) groups is 2. The Kier molecular flexibility index (Phi) is 7.03. The zero-order chi connectivity index (χ0) is 27.0. The van der Waals surface area contributed by atoms with Gasteiger partial charge in [-0.15, -0.1) is 13.2 Å². The Balaban J connectivity index is 1.75. The van der Waals surface area contributed by atoms with Crippen LogP contribution in [0.2, 0.25) is 0 Å². The molecule has 37 heavy (non-hydrogen) atoms. The fourth-order valence-electron chi connectivity index (χ4n) is 3.97. The van der Waals surface area contributed by atoms with Crippen molar-refractivity contribution in [2.75, 3.05) is 42.8 Å². The van der Waals surface area contributed by atoms with E-state index in [1.165, 1.54) is 24.3 Å². The minimum absolute atomic E-state index is 0.0133. The number of carbonyl (C=O) groups excluding carboxylic acids is 1. The van der Waals surface area contributed by atoms with Crippen LogP contribution < -0.4 is 31.3 Å². The fraction of sp³-hybridized carbons (Fsp3) is 0.318. The molecule has 6 N–H and O–H groups in total. The largest absolute Gasteiger partial charge is 0.573 e. The lowest BCUT2D eigenvalue weighted by atomic mass is 10.1. The minimum Gasteiger partial charge on any atom is -0.478 e. The molecule has 2 unspecified atom stereocenters. The predicted octanol–water partition coefficient (Wildman–Crippen LogP) is 2.61. The first-order valence-electron chi connectivity index (χ1n) is 10.8. The number of alkyl halides is 3. The number of aromatic nitrogens is 1. The number of primary amides is 1. The molecule has 2 aromatic carbocycles. The summed E-state index contributed by atoms with van der Waals surface area (Å²) in [5.41, 5.74) is 7.07. The Morgan fingerprint density at radius 3 is 2.70 bits per heavy atom. The van der Waals surface area contributed by atoms with Crippen LogP contribution in [0, 0.1) is 0 Å². The lowest BCUT2D eigenvalue weighted by Gasteiger charge is -2.42. The van der Waals surface area contributed by atoms with Gasteiger partial charge in [-0.3, -0.25) is 4.79 Å². The van der Waals surface area contributed by atoms with Crippen LogP contribution >= 0.6 is 11.3 Å². The molecule has 2 atom stereocenters. The number of nitrogens with zero attached hydrogens (tertiary/aromatic N) is 2. The summed E-state index contributed by atoms with van der Waals surface area (Å²) in [5.74, 6) is -3.92. The summed E-state index contributed by atoms with van der Waals surface area (Å²) < 4.78 is 48.2. The molecule has 0 radical (unpaired) electrons. The van der Waals surface area contributed by atoms with Gasteiger partial charge in [-0.2, -0.15) is 0 Å². The number of halogens is 3. The number of carboxylic acids is 1. The number of nitrogens with one attached hydrogen (secondary N) is 3. The van der Waals surface area contributed by atoms with E-state index in [9.17, 15) is 27.9 Å². The maximum Gasteiger partial charge on any atom is 0.573 e. The number of rotatable bonds is 10. The molecule has 3 aromatic rings. The van der Waals surface area contributed by atoms with E-state index in [0.717, 1.165) is 17.4 Å². The highest BCUT2D eigenvalue weighted by atomic mass is 32.1. The maximum atomic E-state index is 12.7. The summed E-state index contributed by atoms with van der Waals surface area (Å²) in [6.45, 7) is 0.514. The second-order valence-corrected chi connectivity index (χ2v) is 9.10. The van der Waals surface area contributed by atoms with Crippen molar-refractivity contribution in [3.05, 3.63) is 42.0 Å². The maximum absolute atomic E-state index is 12.7. The SMILES string of the molecule is CNCCOC(C(N)=O)C1(Nc2nc3ccc(OC(F)(F)F)cc3s2)Nc2cc(C(=O)O)ccc2N1C. The van der Waals surface area contributed by atoms with Gasteiger partial charge in [0.15, 0.2) is 11.2 Å². The molecular formula is C22H23F3N6O5S. The highest BCUT2D eigenvalue weighted by Gasteiger charge is 2.52. The van der Waals surface area contributed by atoms with Crippen molar-refractivity contribution in [2.24, 2.45) is 5.73 Å². The zero-order valence-corrected chi connectivity index (χ0v) is 20.4. The predicted molar refractivity (Wildman–Crippen MR) is 131 cm³/mol. The Morgan fingerprint density at radius 2 is 2.05 bits per heavy atom. The van der Waals surface area contributed by atoms with Crippen molar-refractivity contribution in [2.45, 2.75) is 18.3 Å².